The molecule has 0 bridgehead atoms. The summed E-state index contributed by atoms with van der Waals surface area (Å²) in [6.45, 7) is 0. The number of aromatic amines is 1. The van der Waals surface area contributed by atoms with Crippen molar-refractivity contribution in [2.24, 2.45) is 0 Å². The summed E-state index contributed by atoms with van der Waals surface area (Å²) in [6, 6.07) is 4.54. The molecule has 3 rings (SSSR count). The lowest BCUT2D eigenvalue weighted by atomic mass is 10.00. The molecule has 3 aromatic rings. The molecule has 0 saturated carbocycles. The van der Waals surface area contributed by atoms with Crippen molar-refractivity contribution in [1.82, 2.24) is 9.32 Å². The van der Waals surface area contributed by atoms with Crippen LogP contribution in [0.3, 0.4) is 0 Å². The molecule has 0 fully saturated rings. The molecule has 0 saturated heterocycles. The Morgan fingerprint density at radius 2 is 2.04 bits per heavy atom. The van der Waals surface area contributed by atoms with E-state index in [4.69, 9.17) is 11.6 Å². The van der Waals surface area contributed by atoms with Crippen LogP contribution in [0, 0.1) is 11.6 Å². The highest BCUT2D eigenvalue weighted by Gasteiger charge is 2.24. The van der Waals surface area contributed by atoms with Gasteiger partial charge in [-0.25, -0.2) is 13.6 Å². The largest absolute Gasteiger partial charge is 0.383 e. The van der Waals surface area contributed by atoms with Crippen molar-refractivity contribution >= 4 is 48.0 Å². The molecule has 0 aliphatic rings. The van der Waals surface area contributed by atoms with Gasteiger partial charge in [0.15, 0.2) is 0 Å². The zero-order chi connectivity index (χ0) is 16.9. The number of aromatic nitrogens is 2. The van der Waals surface area contributed by atoms with Gasteiger partial charge in [-0.2, -0.15) is 0 Å². The van der Waals surface area contributed by atoms with Crippen LogP contribution in [0.25, 0.3) is 11.0 Å². The van der Waals surface area contributed by atoms with Crippen molar-refractivity contribution in [2.45, 2.75) is 6.10 Å². The molecule has 0 radical (unpaired) electrons. The number of hydrogen-bond acceptors (Lipinski definition) is 2. The van der Waals surface area contributed by atoms with Crippen molar-refractivity contribution in [2.75, 3.05) is 0 Å². The van der Waals surface area contributed by atoms with E-state index in [0.717, 1.165) is 18.2 Å². The third kappa shape index (κ3) is 2.72. The van der Waals surface area contributed by atoms with Crippen LogP contribution in [0.15, 0.2) is 33.5 Å². The van der Waals surface area contributed by atoms with Gasteiger partial charge >= 0.3 is 5.69 Å². The van der Waals surface area contributed by atoms with Crippen LogP contribution < -0.4 is 5.69 Å². The Balaban J connectivity index is 2.29. The summed E-state index contributed by atoms with van der Waals surface area (Å²) in [5, 5.41) is 10.6. The summed E-state index contributed by atoms with van der Waals surface area (Å²) < 4.78 is 29.2. The maximum Gasteiger partial charge on any atom is 0.329 e. The average Bonchev–Trinajstić information content (AvgIpc) is 2.76. The number of imidazole rings is 1. The Kier molecular flexibility index (Phi) is 4.31. The smallest absolute Gasteiger partial charge is 0.329 e. The minimum atomic E-state index is -1.51. The average molecular weight is 422 g/mol. The second-order valence-electron chi connectivity index (χ2n) is 4.85. The Morgan fingerprint density at radius 3 is 2.74 bits per heavy atom. The van der Waals surface area contributed by atoms with E-state index in [2.05, 4.69) is 30.3 Å². The molecular formula is C14H9BrClF2N2O2P. The van der Waals surface area contributed by atoms with Crippen molar-refractivity contribution in [3.8, 4) is 0 Å². The molecule has 4 nitrogen and oxygen atoms in total. The first-order valence-corrected chi connectivity index (χ1v) is 8.00. The van der Waals surface area contributed by atoms with Gasteiger partial charge in [-0.15, -0.1) is 0 Å². The van der Waals surface area contributed by atoms with E-state index < -0.39 is 23.4 Å². The first-order valence-electron chi connectivity index (χ1n) is 6.32. The highest BCUT2D eigenvalue weighted by molar-refractivity contribution is 9.10. The molecule has 1 heterocycles. The molecule has 0 amide bonds. The van der Waals surface area contributed by atoms with Crippen LogP contribution in [0.4, 0.5) is 8.78 Å². The third-order valence-corrected chi connectivity index (χ3v) is 5.09. The molecule has 9 heteroatoms. The van der Waals surface area contributed by atoms with Gasteiger partial charge < -0.3 is 10.1 Å². The molecule has 1 aromatic heterocycles. The number of rotatable bonds is 2. The number of aliphatic hydroxyl groups is 1. The number of nitrogens with zero attached hydrogens (tertiary/aromatic N) is 1. The fraction of sp³-hybridized carbons (Fsp3) is 0.0714. The van der Waals surface area contributed by atoms with E-state index in [-0.39, 0.29) is 26.1 Å². The molecule has 2 atom stereocenters. The standard InChI is InChI=1S/C14H9BrClF2N2O2P/c15-11-10(13(21)6-3-5(17)1-2-7(6)16)8(18)4-9-12(11)20(23)14(22)19-9/h1-4,13,21H,23H2,(H,19,22). The van der Waals surface area contributed by atoms with E-state index >= 15 is 0 Å². The van der Waals surface area contributed by atoms with E-state index in [9.17, 15) is 18.7 Å². The SMILES string of the molecule is O=c1[nH]c2cc(F)c(C(O)c3cc(F)ccc3Cl)c(Br)c2n1P. The number of aliphatic hydroxyl groups excluding tert-OH is 1. The number of halogens is 4. The van der Waals surface area contributed by atoms with E-state index in [1.54, 1.807) is 0 Å². The van der Waals surface area contributed by atoms with Crippen LogP contribution in [0.1, 0.15) is 17.2 Å². The molecule has 23 heavy (non-hydrogen) atoms. The molecular weight excluding hydrogens is 412 g/mol. The molecule has 0 spiro atoms. The Morgan fingerprint density at radius 1 is 1.35 bits per heavy atom. The number of H-pyrrole nitrogens is 1. The summed E-state index contributed by atoms with van der Waals surface area (Å²) in [4.78, 5) is 14.1. The first kappa shape index (κ1) is 16.6. The van der Waals surface area contributed by atoms with E-state index in [1.807, 2.05) is 0 Å². The van der Waals surface area contributed by atoms with Crippen LogP contribution in [-0.2, 0) is 0 Å². The second-order valence-corrected chi connectivity index (χ2v) is 6.57. The highest BCUT2D eigenvalue weighted by atomic mass is 79.9. The maximum absolute atomic E-state index is 14.4. The van der Waals surface area contributed by atoms with Crippen LogP contribution in [0.5, 0.6) is 0 Å². The maximum atomic E-state index is 14.4. The summed E-state index contributed by atoms with van der Waals surface area (Å²) in [7, 11) is 2.19. The van der Waals surface area contributed by atoms with Gasteiger partial charge in [-0.3, -0.25) is 4.34 Å². The zero-order valence-corrected chi connectivity index (χ0v) is 14.8. The molecule has 120 valence electrons. The molecule has 2 N–H and O–H groups in total. The van der Waals surface area contributed by atoms with Crippen LogP contribution in [-0.4, -0.2) is 14.4 Å². The molecule has 2 unspecified atom stereocenters. The van der Waals surface area contributed by atoms with Gasteiger partial charge in [0.1, 0.15) is 17.7 Å². The zero-order valence-electron chi connectivity index (χ0n) is 11.3. The van der Waals surface area contributed by atoms with Gasteiger partial charge in [-0.1, -0.05) is 11.6 Å². The van der Waals surface area contributed by atoms with Crippen molar-refractivity contribution in [3.05, 3.63) is 67.0 Å². The number of benzene rings is 2. The molecule has 2 aromatic carbocycles. The van der Waals surface area contributed by atoms with Gasteiger partial charge in [0.25, 0.3) is 0 Å². The Bertz CT molecular complexity index is 989. The molecule has 0 aliphatic heterocycles. The number of nitrogens with one attached hydrogen (secondary N) is 1. The van der Waals surface area contributed by atoms with Crippen LogP contribution in [0.2, 0.25) is 5.02 Å². The minimum absolute atomic E-state index is 0.0267. The molecule has 0 aliphatic carbocycles. The normalized spacial score (nSPS) is 12.8. The quantitative estimate of drug-likeness (QED) is 0.620. The van der Waals surface area contributed by atoms with Gasteiger partial charge in [0.2, 0.25) is 0 Å². The van der Waals surface area contributed by atoms with Crippen molar-refractivity contribution in [1.29, 1.82) is 0 Å². The Hall–Kier alpha value is -1.27. The third-order valence-electron chi connectivity index (χ3n) is 3.46. The van der Waals surface area contributed by atoms with Gasteiger partial charge in [0, 0.05) is 22.2 Å². The second kappa shape index (κ2) is 5.98. The summed E-state index contributed by atoms with van der Waals surface area (Å²) in [5.41, 5.74) is 0.0400. The van der Waals surface area contributed by atoms with Crippen LogP contribution >= 0.6 is 36.9 Å². The first-order chi connectivity index (χ1) is 10.8. The lowest BCUT2D eigenvalue weighted by Crippen LogP contribution is -2.08. The monoisotopic (exact) mass is 420 g/mol. The predicted molar refractivity (Wildman–Crippen MR) is 90.8 cm³/mol. The van der Waals surface area contributed by atoms with Crippen molar-refractivity contribution in [3.63, 3.8) is 0 Å². The van der Waals surface area contributed by atoms with E-state index in [0.29, 0.717) is 5.52 Å². The lowest BCUT2D eigenvalue weighted by Gasteiger charge is -2.16. The predicted octanol–water partition coefficient (Wildman–Crippen LogP) is 3.74. The van der Waals surface area contributed by atoms with E-state index in [1.165, 1.54) is 10.4 Å². The van der Waals surface area contributed by atoms with Gasteiger partial charge in [0.05, 0.1) is 15.5 Å². The van der Waals surface area contributed by atoms with Crippen molar-refractivity contribution < 1.29 is 13.9 Å². The minimum Gasteiger partial charge on any atom is -0.383 e. The summed E-state index contributed by atoms with van der Waals surface area (Å²) in [6.07, 6.45) is -1.51. The van der Waals surface area contributed by atoms with Gasteiger partial charge in [-0.05, 0) is 43.5 Å². The Labute approximate surface area is 144 Å². The highest BCUT2D eigenvalue weighted by Crippen LogP contribution is 2.38. The summed E-state index contributed by atoms with van der Waals surface area (Å²) >= 11 is 9.18. The fourth-order valence-corrected chi connectivity index (χ4v) is 3.92. The number of hydrogen-bond donors (Lipinski definition) is 2. The fourth-order valence-electron chi connectivity index (χ4n) is 2.36. The summed E-state index contributed by atoms with van der Waals surface area (Å²) in [5.74, 6) is -1.37. The topological polar surface area (TPSA) is 58.0 Å². The lowest BCUT2D eigenvalue weighted by molar-refractivity contribution is 0.214. The number of fused-ring (bicyclic) bond motifs is 1.